The highest BCUT2D eigenvalue weighted by Gasteiger charge is 2.25. The van der Waals surface area contributed by atoms with E-state index in [-0.39, 0.29) is 11.8 Å². The van der Waals surface area contributed by atoms with Crippen LogP contribution in [-0.4, -0.2) is 38.8 Å². The van der Waals surface area contributed by atoms with Crippen molar-refractivity contribution in [3.05, 3.63) is 53.3 Å². The molecule has 2 aromatic heterocycles. The van der Waals surface area contributed by atoms with Crippen molar-refractivity contribution in [3.63, 3.8) is 0 Å². The highest BCUT2D eigenvalue weighted by Crippen LogP contribution is 2.26. The number of nitrogens with one attached hydrogen (secondary N) is 2. The number of rotatable bonds is 4. The maximum Gasteiger partial charge on any atom is 0.227 e. The van der Waals surface area contributed by atoms with Crippen LogP contribution in [0.5, 0.6) is 0 Å². The Morgan fingerprint density at radius 2 is 2.00 bits per heavy atom. The van der Waals surface area contributed by atoms with Crippen LogP contribution in [0.25, 0.3) is 21.3 Å². The molecule has 3 heterocycles. The Kier molecular flexibility index (Phi) is 4.77. The van der Waals surface area contributed by atoms with Crippen LogP contribution in [0.15, 0.2) is 42.5 Å². The van der Waals surface area contributed by atoms with Crippen LogP contribution in [0.3, 0.4) is 0 Å². The van der Waals surface area contributed by atoms with Crippen molar-refractivity contribution < 1.29 is 4.79 Å². The average molecular weight is 406 g/mol. The third kappa shape index (κ3) is 3.88. The molecule has 2 aromatic carbocycles. The molecule has 0 spiro atoms. The fourth-order valence-electron chi connectivity index (χ4n) is 4.01. The van der Waals surface area contributed by atoms with Gasteiger partial charge in [-0.05, 0) is 63.2 Å². The SMILES string of the molecule is Cc1nc2cc(NC(=O)C3CCN(Cc4nc5ccccc5[nH]4)CC3)ccc2s1. The van der Waals surface area contributed by atoms with E-state index in [0.29, 0.717) is 0 Å². The molecule has 1 amide bonds. The third-order valence-electron chi connectivity index (χ3n) is 5.53. The van der Waals surface area contributed by atoms with E-state index in [4.69, 9.17) is 0 Å². The molecule has 6 nitrogen and oxygen atoms in total. The molecule has 1 aliphatic rings. The molecule has 1 aliphatic heterocycles. The van der Waals surface area contributed by atoms with E-state index in [2.05, 4.69) is 25.2 Å². The molecule has 148 valence electrons. The number of likely N-dealkylation sites (tertiary alicyclic amines) is 1. The number of imidazole rings is 1. The topological polar surface area (TPSA) is 73.9 Å². The Balaban J connectivity index is 1.17. The van der Waals surface area contributed by atoms with Gasteiger partial charge < -0.3 is 10.3 Å². The predicted molar refractivity (Wildman–Crippen MR) is 117 cm³/mol. The van der Waals surface area contributed by atoms with E-state index in [0.717, 1.165) is 70.2 Å². The lowest BCUT2D eigenvalue weighted by molar-refractivity contribution is -0.121. The minimum atomic E-state index is 0.0507. The van der Waals surface area contributed by atoms with Crippen molar-refractivity contribution in [1.29, 1.82) is 0 Å². The number of piperidine rings is 1. The lowest BCUT2D eigenvalue weighted by Gasteiger charge is -2.30. The number of anilines is 1. The number of hydrogen-bond donors (Lipinski definition) is 2. The summed E-state index contributed by atoms with van der Waals surface area (Å²) >= 11 is 1.67. The summed E-state index contributed by atoms with van der Waals surface area (Å²) in [5.41, 5.74) is 3.86. The number of aromatic amines is 1. The van der Waals surface area contributed by atoms with Crippen LogP contribution in [0.2, 0.25) is 0 Å². The molecule has 4 aromatic rings. The summed E-state index contributed by atoms with van der Waals surface area (Å²) in [7, 11) is 0. The van der Waals surface area contributed by atoms with Gasteiger partial charge in [0, 0.05) is 11.6 Å². The Bertz CT molecular complexity index is 1140. The molecule has 0 radical (unpaired) electrons. The molecule has 1 fully saturated rings. The molecule has 0 saturated carbocycles. The Hall–Kier alpha value is -2.77. The average Bonchev–Trinajstić information content (AvgIpc) is 3.29. The smallest absolute Gasteiger partial charge is 0.227 e. The van der Waals surface area contributed by atoms with Gasteiger partial charge in [0.2, 0.25) is 5.91 Å². The maximum absolute atomic E-state index is 12.7. The molecule has 5 rings (SSSR count). The lowest BCUT2D eigenvalue weighted by atomic mass is 9.96. The van der Waals surface area contributed by atoms with E-state index in [1.807, 2.05) is 49.4 Å². The Morgan fingerprint density at radius 3 is 2.83 bits per heavy atom. The molecule has 7 heteroatoms. The van der Waals surface area contributed by atoms with Gasteiger partial charge in [0.25, 0.3) is 0 Å². The summed E-state index contributed by atoms with van der Waals surface area (Å²) in [5, 5.41) is 4.13. The van der Waals surface area contributed by atoms with Gasteiger partial charge in [-0.3, -0.25) is 9.69 Å². The molecule has 0 atom stereocenters. The largest absolute Gasteiger partial charge is 0.341 e. The van der Waals surface area contributed by atoms with E-state index in [1.54, 1.807) is 11.3 Å². The van der Waals surface area contributed by atoms with E-state index in [9.17, 15) is 4.79 Å². The number of fused-ring (bicyclic) bond motifs is 2. The number of carbonyl (C=O) groups excluding carboxylic acids is 1. The van der Waals surface area contributed by atoms with E-state index in [1.165, 1.54) is 0 Å². The zero-order valence-corrected chi connectivity index (χ0v) is 17.1. The minimum Gasteiger partial charge on any atom is -0.341 e. The van der Waals surface area contributed by atoms with E-state index < -0.39 is 0 Å². The normalized spacial score (nSPS) is 15.9. The first-order chi connectivity index (χ1) is 14.1. The number of para-hydroxylation sites is 2. The summed E-state index contributed by atoms with van der Waals surface area (Å²) in [4.78, 5) is 27.7. The Morgan fingerprint density at radius 1 is 1.17 bits per heavy atom. The van der Waals surface area contributed by atoms with Crippen molar-refractivity contribution >= 4 is 44.2 Å². The number of aryl methyl sites for hydroxylation is 1. The predicted octanol–water partition coefficient (Wildman–Crippen LogP) is 4.33. The first-order valence-electron chi connectivity index (χ1n) is 9.98. The number of aromatic nitrogens is 3. The van der Waals surface area contributed by atoms with Gasteiger partial charge in [-0.1, -0.05) is 12.1 Å². The standard InChI is InChI=1S/C22H23N5OS/c1-14-23-19-12-16(6-7-20(19)29-14)24-22(28)15-8-10-27(11-9-15)13-21-25-17-4-2-3-5-18(17)26-21/h2-7,12,15H,8-11,13H2,1H3,(H,24,28)(H,25,26). The number of thiazole rings is 1. The molecular weight excluding hydrogens is 382 g/mol. The van der Waals surface area contributed by atoms with Crippen LogP contribution in [0.1, 0.15) is 23.7 Å². The second-order valence-electron chi connectivity index (χ2n) is 7.66. The van der Waals surface area contributed by atoms with Crippen molar-refractivity contribution in [2.75, 3.05) is 18.4 Å². The number of hydrogen-bond acceptors (Lipinski definition) is 5. The summed E-state index contributed by atoms with van der Waals surface area (Å²) in [5.74, 6) is 1.15. The zero-order valence-electron chi connectivity index (χ0n) is 16.3. The molecule has 1 saturated heterocycles. The fraction of sp³-hybridized carbons (Fsp3) is 0.318. The fourth-order valence-corrected chi connectivity index (χ4v) is 4.82. The monoisotopic (exact) mass is 405 g/mol. The quantitative estimate of drug-likeness (QED) is 0.530. The van der Waals surface area contributed by atoms with Crippen LogP contribution in [-0.2, 0) is 11.3 Å². The van der Waals surface area contributed by atoms with Crippen LogP contribution >= 0.6 is 11.3 Å². The van der Waals surface area contributed by atoms with E-state index >= 15 is 0 Å². The number of H-pyrrole nitrogens is 1. The zero-order chi connectivity index (χ0) is 19.8. The van der Waals surface area contributed by atoms with Gasteiger partial charge in [0.1, 0.15) is 5.82 Å². The van der Waals surface area contributed by atoms with Crippen LogP contribution in [0, 0.1) is 12.8 Å². The van der Waals surface area contributed by atoms with Gasteiger partial charge in [-0.2, -0.15) is 0 Å². The molecule has 0 unspecified atom stereocenters. The third-order valence-corrected chi connectivity index (χ3v) is 6.48. The number of nitrogens with zero attached hydrogens (tertiary/aromatic N) is 3. The highest BCUT2D eigenvalue weighted by molar-refractivity contribution is 7.18. The first kappa shape index (κ1) is 18.3. The number of carbonyl (C=O) groups is 1. The van der Waals surface area contributed by atoms with Gasteiger partial charge in [0.05, 0.1) is 32.8 Å². The lowest BCUT2D eigenvalue weighted by Crippen LogP contribution is -2.38. The van der Waals surface area contributed by atoms with Gasteiger partial charge >= 0.3 is 0 Å². The van der Waals surface area contributed by atoms with Crippen molar-refractivity contribution in [1.82, 2.24) is 19.9 Å². The molecule has 2 N–H and O–H groups in total. The van der Waals surface area contributed by atoms with Gasteiger partial charge in [-0.25, -0.2) is 9.97 Å². The minimum absolute atomic E-state index is 0.0507. The Labute approximate surface area is 173 Å². The summed E-state index contributed by atoms with van der Waals surface area (Å²) in [6.45, 7) is 4.60. The maximum atomic E-state index is 12.7. The van der Waals surface area contributed by atoms with Crippen LogP contribution < -0.4 is 5.32 Å². The van der Waals surface area contributed by atoms with Gasteiger partial charge in [-0.15, -0.1) is 11.3 Å². The molecular formula is C22H23N5OS. The summed E-state index contributed by atoms with van der Waals surface area (Å²) in [6.07, 6.45) is 1.73. The summed E-state index contributed by atoms with van der Waals surface area (Å²) < 4.78 is 1.15. The second-order valence-corrected chi connectivity index (χ2v) is 8.89. The highest BCUT2D eigenvalue weighted by atomic mass is 32.1. The van der Waals surface area contributed by atoms with Crippen molar-refractivity contribution in [2.45, 2.75) is 26.3 Å². The number of amides is 1. The molecule has 29 heavy (non-hydrogen) atoms. The first-order valence-corrected chi connectivity index (χ1v) is 10.8. The molecule has 0 bridgehead atoms. The van der Waals surface area contributed by atoms with Gasteiger partial charge in [0.15, 0.2) is 0 Å². The van der Waals surface area contributed by atoms with Crippen molar-refractivity contribution in [2.24, 2.45) is 5.92 Å². The van der Waals surface area contributed by atoms with Crippen LogP contribution in [0.4, 0.5) is 5.69 Å². The second kappa shape index (κ2) is 7.57. The summed E-state index contributed by atoms with van der Waals surface area (Å²) in [6, 6.07) is 14.1. The molecule has 0 aliphatic carbocycles. The number of benzene rings is 2. The van der Waals surface area contributed by atoms with Crippen molar-refractivity contribution in [3.8, 4) is 0 Å².